The summed E-state index contributed by atoms with van der Waals surface area (Å²) in [7, 11) is -4.45. The molecule has 3 aromatic rings. The third kappa shape index (κ3) is 4.84. The first kappa shape index (κ1) is 18.4. The molecule has 0 saturated carbocycles. The molecule has 26 heavy (non-hydrogen) atoms. The predicted octanol–water partition coefficient (Wildman–Crippen LogP) is 2.55. The maximum absolute atomic E-state index is 10.7. The molecule has 0 aliphatic rings. The normalized spacial score (nSPS) is 11.5. The highest BCUT2D eigenvalue weighted by molar-refractivity contribution is 7.46. The van der Waals surface area contributed by atoms with Gasteiger partial charge in [0, 0.05) is 36.4 Å². The average molecular weight is 372 g/mol. The molecule has 0 spiro atoms. The molecule has 0 radical (unpaired) electrons. The molecule has 0 fully saturated rings. The summed E-state index contributed by atoms with van der Waals surface area (Å²) >= 11 is 0. The van der Waals surface area contributed by atoms with Gasteiger partial charge in [0.05, 0.1) is 6.61 Å². The van der Waals surface area contributed by atoms with E-state index in [9.17, 15) is 4.57 Å². The van der Waals surface area contributed by atoms with Gasteiger partial charge in [0.2, 0.25) is 5.69 Å². The highest BCUT2D eigenvalue weighted by atomic mass is 31.2. The van der Waals surface area contributed by atoms with E-state index in [1.807, 2.05) is 29.1 Å². The Labute approximate surface area is 152 Å². The Morgan fingerprint density at radius 1 is 0.885 bits per heavy atom. The Morgan fingerprint density at radius 2 is 1.42 bits per heavy atom. The molecule has 0 atom stereocenters. The number of aryl methyl sites for hydroxylation is 1. The first-order chi connectivity index (χ1) is 12.4. The highest BCUT2D eigenvalue weighted by Crippen LogP contribution is 2.36. The van der Waals surface area contributed by atoms with Gasteiger partial charge in [0.15, 0.2) is 24.8 Å². The molecule has 0 saturated heterocycles. The zero-order chi connectivity index (χ0) is 18.6. The fraction of sp³-hybridized carbons (Fsp3) is 0.158. The molecule has 0 aliphatic carbocycles. The lowest BCUT2D eigenvalue weighted by molar-refractivity contribution is -0.693. The van der Waals surface area contributed by atoms with Gasteiger partial charge in [-0.05, 0) is 23.6 Å². The monoisotopic (exact) mass is 372 g/mol. The van der Waals surface area contributed by atoms with Crippen molar-refractivity contribution in [3.8, 4) is 16.8 Å². The topological polar surface area (TPSA) is 74.5 Å². The third-order valence-electron chi connectivity index (χ3n) is 4.05. The number of rotatable bonds is 6. The van der Waals surface area contributed by atoms with Crippen LogP contribution < -0.4 is 9.13 Å². The molecule has 0 aliphatic heterocycles. The van der Waals surface area contributed by atoms with Crippen molar-refractivity contribution in [2.24, 2.45) is 0 Å². The number of phosphoric acid groups is 1. The Kier molecular flexibility index (Phi) is 5.59. The van der Waals surface area contributed by atoms with Gasteiger partial charge < -0.3 is 9.79 Å². The lowest BCUT2D eigenvalue weighted by atomic mass is 10.1. The minimum absolute atomic E-state index is 0.125. The standard InChI is InChI=1S/C19H19N2O4P/c1-2-20-11-7-17(8-12-20)18-9-13-21(14-10-18)19-5-3-16(4-6-19)15-25-26(22,23)24/h3-14H,2,15H2,1H3/p+2. The number of nitrogens with zero attached hydrogens (tertiary/aromatic N) is 2. The van der Waals surface area contributed by atoms with Gasteiger partial charge in [-0.15, -0.1) is 0 Å². The lowest BCUT2D eigenvalue weighted by Gasteiger charge is -2.05. The van der Waals surface area contributed by atoms with Crippen molar-refractivity contribution < 1.29 is 28.0 Å². The first-order valence-electron chi connectivity index (χ1n) is 8.25. The molecule has 7 heteroatoms. The molecule has 134 valence electrons. The van der Waals surface area contributed by atoms with Crippen molar-refractivity contribution in [2.45, 2.75) is 20.1 Å². The van der Waals surface area contributed by atoms with Crippen LogP contribution in [0.15, 0.2) is 73.3 Å². The van der Waals surface area contributed by atoms with Gasteiger partial charge in [-0.25, -0.2) is 9.13 Å². The minimum Gasteiger partial charge on any atom is -0.303 e. The molecular formula is C19H21N2O4P+2. The van der Waals surface area contributed by atoms with Gasteiger partial charge in [0.1, 0.15) is 6.54 Å². The van der Waals surface area contributed by atoms with Crippen molar-refractivity contribution in [1.29, 1.82) is 0 Å². The summed E-state index contributed by atoms with van der Waals surface area (Å²) in [6.07, 6.45) is 8.10. The summed E-state index contributed by atoms with van der Waals surface area (Å²) < 4.78 is 19.3. The van der Waals surface area contributed by atoms with Crippen LogP contribution in [0.25, 0.3) is 16.8 Å². The summed E-state index contributed by atoms with van der Waals surface area (Å²) in [5.41, 5.74) is 3.94. The second kappa shape index (κ2) is 7.89. The maximum atomic E-state index is 10.7. The van der Waals surface area contributed by atoms with E-state index in [-0.39, 0.29) is 6.61 Å². The minimum atomic E-state index is -4.45. The number of aromatic nitrogens is 2. The van der Waals surface area contributed by atoms with Crippen molar-refractivity contribution in [3.05, 3.63) is 78.9 Å². The third-order valence-corrected chi connectivity index (χ3v) is 4.52. The quantitative estimate of drug-likeness (QED) is 0.515. The smallest absolute Gasteiger partial charge is 0.303 e. The van der Waals surface area contributed by atoms with Crippen LogP contribution in [-0.4, -0.2) is 9.79 Å². The second-order valence-electron chi connectivity index (χ2n) is 5.84. The van der Waals surface area contributed by atoms with Gasteiger partial charge in [0.25, 0.3) is 0 Å². The summed E-state index contributed by atoms with van der Waals surface area (Å²) in [5, 5.41) is 0. The van der Waals surface area contributed by atoms with Crippen molar-refractivity contribution in [1.82, 2.24) is 0 Å². The lowest BCUT2D eigenvalue weighted by Crippen LogP contribution is -2.30. The molecule has 6 nitrogen and oxygen atoms in total. The Balaban J connectivity index is 1.72. The number of hydrogen-bond donors (Lipinski definition) is 2. The van der Waals surface area contributed by atoms with E-state index in [2.05, 4.69) is 52.7 Å². The van der Waals surface area contributed by atoms with Crippen LogP contribution in [-0.2, 0) is 22.2 Å². The second-order valence-corrected chi connectivity index (χ2v) is 7.08. The summed E-state index contributed by atoms with van der Waals surface area (Å²) in [5.74, 6) is 0. The number of phosphoric ester groups is 1. The molecule has 2 N–H and O–H groups in total. The molecule has 3 rings (SSSR count). The van der Waals surface area contributed by atoms with Crippen LogP contribution in [0.5, 0.6) is 0 Å². The number of pyridine rings is 2. The van der Waals surface area contributed by atoms with Gasteiger partial charge >= 0.3 is 7.82 Å². The molecule has 2 aromatic heterocycles. The van der Waals surface area contributed by atoms with E-state index >= 15 is 0 Å². The van der Waals surface area contributed by atoms with E-state index < -0.39 is 7.82 Å². The SMILES string of the molecule is CC[n+]1ccc(-c2cc[n+](-c3ccc(COP(=O)(O)O)cc3)cc2)cc1. The number of hydrogen-bond acceptors (Lipinski definition) is 2. The summed E-state index contributed by atoms with van der Waals surface area (Å²) in [6, 6.07) is 15.6. The van der Waals surface area contributed by atoms with Crippen molar-refractivity contribution >= 4 is 7.82 Å². The van der Waals surface area contributed by atoms with E-state index in [1.165, 1.54) is 0 Å². The van der Waals surface area contributed by atoms with E-state index in [0.717, 1.165) is 23.4 Å². The van der Waals surface area contributed by atoms with E-state index in [1.54, 1.807) is 12.1 Å². The van der Waals surface area contributed by atoms with Crippen LogP contribution in [0.2, 0.25) is 0 Å². The average Bonchev–Trinajstić information content (AvgIpc) is 2.66. The zero-order valence-electron chi connectivity index (χ0n) is 14.4. The summed E-state index contributed by atoms with van der Waals surface area (Å²) in [4.78, 5) is 17.5. The first-order valence-corrected chi connectivity index (χ1v) is 9.78. The summed E-state index contributed by atoms with van der Waals surface area (Å²) in [6.45, 7) is 2.93. The van der Waals surface area contributed by atoms with E-state index in [4.69, 9.17) is 9.79 Å². The van der Waals surface area contributed by atoms with Crippen molar-refractivity contribution in [2.75, 3.05) is 0 Å². The van der Waals surface area contributed by atoms with Crippen LogP contribution in [0.3, 0.4) is 0 Å². The molecular weight excluding hydrogens is 351 g/mol. The molecule has 2 heterocycles. The zero-order valence-corrected chi connectivity index (χ0v) is 15.3. The van der Waals surface area contributed by atoms with Crippen LogP contribution in [0.1, 0.15) is 12.5 Å². The fourth-order valence-corrected chi connectivity index (χ4v) is 2.89. The van der Waals surface area contributed by atoms with Crippen molar-refractivity contribution in [3.63, 3.8) is 0 Å². The highest BCUT2D eigenvalue weighted by Gasteiger charge is 2.14. The van der Waals surface area contributed by atoms with Crippen LogP contribution in [0, 0.1) is 0 Å². The Morgan fingerprint density at radius 3 is 1.92 bits per heavy atom. The number of benzene rings is 1. The molecule has 0 bridgehead atoms. The molecule has 0 unspecified atom stereocenters. The van der Waals surface area contributed by atoms with Crippen LogP contribution in [0.4, 0.5) is 0 Å². The van der Waals surface area contributed by atoms with Gasteiger partial charge in [-0.1, -0.05) is 12.1 Å². The maximum Gasteiger partial charge on any atom is 0.469 e. The predicted molar refractivity (Wildman–Crippen MR) is 96.1 cm³/mol. The fourth-order valence-electron chi connectivity index (χ4n) is 2.57. The van der Waals surface area contributed by atoms with E-state index in [0.29, 0.717) is 5.56 Å². The van der Waals surface area contributed by atoms with Gasteiger partial charge in [-0.3, -0.25) is 4.52 Å². The molecule has 0 amide bonds. The largest absolute Gasteiger partial charge is 0.469 e. The van der Waals surface area contributed by atoms with Gasteiger partial charge in [-0.2, -0.15) is 4.57 Å². The van der Waals surface area contributed by atoms with Crippen LogP contribution >= 0.6 is 7.82 Å². The Bertz CT molecular complexity index is 904. The molecule has 1 aromatic carbocycles. The Hall–Kier alpha value is -2.37.